The van der Waals surface area contributed by atoms with Crippen LogP contribution >= 0.6 is 0 Å². The van der Waals surface area contributed by atoms with Crippen LogP contribution in [-0.2, 0) is 0 Å². The Hall–Kier alpha value is -1.05. The molecular formula is C12H18N2. The number of anilines is 1. The maximum Gasteiger partial charge on any atom is 0.0601 e. The Morgan fingerprint density at radius 2 is 2.00 bits per heavy atom. The molecule has 1 aromatic heterocycles. The van der Waals surface area contributed by atoms with Gasteiger partial charge in [-0.25, -0.2) is 0 Å². The highest BCUT2D eigenvalue weighted by molar-refractivity contribution is 5.44. The molecule has 2 nitrogen and oxygen atoms in total. The Morgan fingerprint density at radius 3 is 2.64 bits per heavy atom. The summed E-state index contributed by atoms with van der Waals surface area (Å²) < 4.78 is 0. The molecule has 1 heterocycles. The molecule has 1 aliphatic rings. The molecule has 0 unspecified atom stereocenters. The van der Waals surface area contributed by atoms with Crippen molar-refractivity contribution in [2.45, 2.75) is 44.9 Å². The van der Waals surface area contributed by atoms with E-state index in [4.69, 9.17) is 5.73 Å². The molecule has 0 saturated heterocycles. The van der Waals surface area contributed by atoms with Crippen molar-refractivity contribution in [2.75, 3.05) is 5.73 Å². The number of pyridine rings is 1. The van der Waals surface area contributed by atoms with Gasteiger partial charge in [0.25, 0.3) is 0 Å². The fraction of sp³-hybridized carbons (Fsp3) is 0.583. The van der Waals surface area contributed by atoms with Crippen molar-refractivity contribution < 1.29 is 0 Å². The largest absolute Gasteiger partial charge is 0.397 e. The minimum atomic E-state index is 0.708. The molecule has 2 N–H and O–H groups in total. The van der Waals surface area contributed by atoms with E-state index in [-0.39, 0.29) is 0 Å². The van der Waals surface area contributed by atoms with Gasteiger partial charge >= 0.3 is 0 Å². The molecule has 1 aliphatic carbocycles. The summed E-state index contributed by atoms with van der Waals surface area (Å²) in [5.74, 6) is 0.708. The molecule has 0 bridgehead atoms. The maximum absolute atomic E-state index is 5.86. The predicted octanol–water partition coefficient (Wildman–Crippen LogP) is 3.02. The topological polar surface area (TPSA) is 38.9 Å². The van der Waals surface area contributed by atoms with Crippen LogP contribution in [0.25, 0.3) is 0 Å². The van der Waals surface area contributed by atoms with Crippen molar-refractivity contribution in [1.29, 1.82) is 0 Å². The first-order valence-corrected chi connectivity index (χ1v) is 5.49. The summed E-state index contributed by atoms with van der Waals surface area (Å²) in [6.07, 6.45) is 8.73. The number of rotatable bonds is 1. The van der Waals surface area contributed by atoms with Crippen molar-refractivity contribution in [1.82, 2.24) is 4.98 Å². The zero-order chi connectivity index (χ0) is 9.97. The van der Waals surface area contributed by atoms with Crippen molar-refractivity contribution in [3.05, 3.63) is 23.5 Å². The van der Waals surface area contributed by atoms with E-state index in [9.17, 15) is 0 Å². The quantitative estimate of drug-likeness (QED) is 0.739. The molecule has 2 heteroatoms. The van der Waals surface area contributed by atoms with Crippen LogP contribution in [0.1, 0.15) is 49.3 Å². The van der Waals surface area contributed by atoms with Crippen molar-refractivity contribution in [2.24, 2.45) is 0 Å². The lowest BCUT2D eigenvalue weighted by molar-refractivity contribution is 0.443. The Labute approximate surface area is 85.5 Å². The van der Waals surface area contributed by atoms with Crippen LogP contribution in [0, 0.1) is 6.92 Å². The summed E-state index contributed by atoms with van der Waals surface area (Å²) in [5.41, 5.74) is 8.99. The maximum atomic E-state index is 5.86. The molecule has 1 fully saturated rings. The SMILES string of the molecule is Cc1ncc(C2CCCCC2)cc1N. The second kappa shape index (κ2) is 3.99. The molecule has 0 spiro atoms. The molecule has 0 aromatic carbocycles. The van der Waals surface area contributed by atoms with Gasteiger partial charge in [0.15, 0.2) is 0 Å². The molecule has 76 valence electrons. The zero-order valence-corrected chi connectivity index (χ0v) is 8.79. The third-order valence-electron chi connectivity index (χ3n) is 3.22. The predicted molar refractivity (Wildman–Crippen MR) is 59.2 cm³/mol. The van der Waals surface area contributed by atoms with Gasteiger partial charge in [-0.3, -0.25) is 4.98 Å². The highest BCUT2D eigenvalue weighted by Crippen LogP contribution is 2.33. The van der Waals surface area contributed by atoms with Gasteiger partial charge in [0, 0.05) is 6.20 Å². The van der Waals surface area contributed by atoms with Crippen LogP contribution < -0.4 is 5.73 Å². The highest BCUT2D eigenvalue weighted by atomic mass is 14.7. The Kier molecular flexibility index (Phi) is 2.71. The van der Waals surface area contributed by atoms with E-state index in [1.165, 1.54) is 37.7 Å². The number of aromatic nitrogens is 1. The third-order valence-corrected chi connectivity index (χ3v) is 3.22. The average molecular weight is 190 g/mol. The van der Waals surface area contributed by atoms with Gasteiger partial charge in [-0.2, -0.15) is 0 Å². The first-order valence-electron chi connectivity index (χ1n) is 5.49. The minimum absolute atomic E-state index is 0.708. The lowest BCUT2D eigenvalue weighted by Gasteiger charge is -2.22. The first-order chi connectivity index (χ1) is 6.77. The van der Waals surface area contributed by atoms with Crippen LogP contribution in [0.5, 0.6) is 0 Å². The number of nitrogens with zero attached hydrogens (tertiary/aromatic N) is 1. The van der Waals surface area contributed by atoms with Gasteiger partial charge in [-0.15, -0.1) is 0 Å². The van der Waals surface area contributed by atoms with E-state index in [2.05, 4.69) is 11.1 Å². The van der Waals surface area contributed by atoms with E-state index < -0.39 is 0 Å². The van der Waals surface area contributed by atoms with Gasteiger partial charge in [0.1, 0.15) is 0 Å². The summed E-state index contributed by atoms with van der Waals surface area (Å²) in [5, 5.41) is 0. The molecule has 0 aliphatic heterocycles. The summed E-state index contributed by atoms with van der Waals surface area (Å²) in [6.45, 7) is 1.96. The van der Waals surface area contributed by atoms with Gasteiger partial charge in [-0.05, 0) is 37.3 Å². The molecule has 0 radical (unpaired) electrons. The van der Waals surface area contributed by atoms with E-state index in [0.29, 0.717) is 5.92 Å². The van der Waals surface area contributed by atoms with Crippen molar-refractivity contribution >= 4 is 5.69 Å². The number of nitrogens with two attached hydrogens (primary N) is 1. The fourth-order valence-corrected chi connectivity index (χ4v) is 2.23. The summed E-state index contributed by atoms with van der Waals surface area (Å²) in [4.78, 5) is 4.33. The standard InChI is InChI=1S/C12H18N2/c1-9-12(13)7-11(8-14-9)10-5-3-2-4-6-10/h7-8,10H,2-6,13H2,1H3. The second-order valence-electron chi connectivity index (χ2n) is 4.28. The molecule has 0 amide bonds. The van der Waals surface area contributed by atoms with Gasteiger partial charge in [0.05, 0.1) is 11.4 Å². The normalized spacial score (nSPS) is 18.4. The van der Waals surface area contributed by atoms with Gasteiger partial charge in [-0.1, -0.05) is 19.3 Å². The average Bonchev–Trinajstić information content (AvgIpc) is 2.23. The number of hydrogen-bond donors (Lipinski definition) is 1. The molecule has 1 aromatic rings. The van der Waals surface area contributed by atoms with Crippen molar-refractivity contribution in [3.63, 3.8) is 0 Å². The highest BCUT2D eigenvalue weighted by Gasteiger charge is 2.16. The molecule has 0 atom stereocenters. The number of aryl methyl sites for hydroxylation is 1. The summed E-state index contributed by atoms with van der Waals surface area (Å²) in [6, 6.07) is 2.11. The Balaban J connectivity index is 2.18. The van der Waals surface area contributed by atoms with Crippen LogP contribution in [-0.4, -0.2) is 4.98 Å². The zero-order valence-electron chi connectivity index (χ0n) is 8.79. The van der Waals surface area contributed by atoms with Gasteiger partial charge < -0.3 is 5.73 Å². The van der Waals surface area contributed by atoms with Crippen LogP contribution in [0.3, 0.4) is 0 Å². The lowest BCUT2D eigenvalue weighted by atomic mass is 9.84. The van der Waals surface area contributed by atoms with E-state index in [0.717, 1.165) is 11.4 Å². The third kappa shape index (κ3) is 1.89. The van der Waals surface area contributed by atoms with Crippen LogP contribution in [0.2, 0.25) is 0 Å². The van der Waals surface area contributed by atoms with Crippen LogP contribution in [0.4, 0.5) is 5.69 Å². The number of nitrogen functional groups attached to an aromatic ring is 1. The smallest absolute Gasteiger partial charge is 0.0601 e. The minimum Gasteiger partial charge on any atom is -0.397 e. The molecule has 14 heavy (non-hydrogen) atoms. The number of hydrogen-bond acceptors (Lipinski definition) is 2. The van der Waals surface area contributed by atoms with E-state index in [1.54, 1.807) is 0 Å². The lowest BCUT2D eigenvalue weighted by Crippen LogP contribution is -2.06. The summed E-state index contributed by atoms with van der Waals surface area (Å²) in [7, 11) is 0. The van der Waals surface area contributed by atoms with E-state index in [1.807, 2.05) is 13.1 Å². The first kappa shape index (κ1) is 9.50. The second-order valence-corrected chi connectivity index (χ2v) is 4.28. The van der Waals surface area contributed by atoms with Crippen LogP contribution in [0.15, 0.2) is 12.3 Å². The Morgan fingerprint density at radius 1 is 1.29 bits per heavy atom. The fourth-order valence-electron chi connectivity index (χ4n) is 2.23. The molecule has 2 rings (SSSR count). The molecule has 1 saturated carbocycles. The Bertz CT molecular complexity index is 314. The van der Waals surface area contributed by atoms with Gasteiger partial charge in [0.2, 0.25) is 0 Å². The van der Waals surface area contributed by atoms with E-state index >= 15 is 0 Å². The monoisotopic (exact) mass is 190 g/mol. The summed E-state index contributed by atoms with van der Waals surface area (Å²) >= 11 is 0. The van der Waals surface area contributed by atoms with Crippen molar-refractivity contribution in [3.8, 4) is 0 Å². The molecular weight excluding hydrogens is 172 g/mol.